The molecule has 3 nitrogen and oxygen atoms in total. The molecule has 2 aliphatic heterocycles. The summed E-state index contributed by atoms with van der Waals surface area (Å²) in [7, 11) is -0.917. The Kier molecular flexibility index (Phi) is 3.99. The van der Waals surface area contributed by atoms with Crippen LogP contribution in [0.2, 0.25) is 0 Å². The van der Waals surface area contributed by atoms with E-state index in [1.54, 1.807) is 6.26 Å². The number of nitrogens with one attached hydrogen (secondary N) is 1. The van der Waals surface area contributed by atoms with Gasteiger partial charge in [0.1, 0.15) is 11.0 Å². The van der Waals surface area contributed by atoms with Gasteiger partial charge in [0, 0.05) is 18.2 Å². The summed E-state index contributed by atoms with van der Waals surface area (Å²) in [6.45, 7) is 3.05. The van der Waals surface area contributed by atoms with E-state index >= 15 is 0 Å². The smallest absolute Gasteiger partial charge is 0.116 e. The fraction of sp³-hybridized carbons (Fsp3) is 0.538. The first-order valence-corrected chi connectivity index (χ1v) is 7.66. The van der Waals surface area contributed by atoms with Gasteiger partial charge >= 0.3 is 0 Å². The molecule has 1 spiro atoms. The molecule has 0 saturated carbocycles. The monoisotopic (exact) mass is 286 g/mol. The number of nitrogens with zero attached hydrogens (tertiary/aromatic N) is 1. The van der Waals surface area contributed by atoms with E-state index in [9.17, 15) is 4.21 Å². The average Bonchev–Trinajstić information content (AvgIpc) is 2.66. The highest BCUT2D eigenvalue weighted by molar-refractivity contribution is 7.85. The predicted octanol–water partition coefficient (Wildman–Crippen LogP) is 1.84. The van der Waals surface area contributed by atoms with Gasteiger partial charge in [-0.1, -0.05) is 18.2 Å². The van der Waals surface area contributed by atoms with E-state index in [2.05, 4.69) is 27.8 Å². The third-order valence-corrected chi connectivity index (χ3v) is 5.01. The molecule has 5 heteroatoms. The van der Waals surface area contributed by atoms with E-state index in [1.807, 2.05) is 6.07 Å². The van der Waals surface area contributed by atoms with Gasteiger partial charge < -0.3 is 5.32 Å². The molecular weight excluding hydrogens is 268 g/mol. The van der Waals surface area contributed by atoms with Crippen molar-refractivity contribution in [1.82, 2.24) is 5.32 Å². The van der Waals surface area contributed by atoms with Crippen LogP contribution in [-0.2, 0) is 16.4 Å². The molecule has 1 aromatic carbocycles. The third-order valence-electron chi connectivity index (χ3n) is 4.06. The van der Waals surface area contributed by atoms with Gasteiger partial charge in [0.2, 0.25) is 0 Å². The van der Waals surface area contributed by atoms with Crippen LogP contribution in [0.3, 0.4) is 0 Å². The predicted molar refractivity (Wildman–Crippen MR) is 78.9 cm³/mol. The first-order valence-electron chi connectivity index (χ1n) is 6.14. The van der Waals surface area contributed by atoms with Crippen LogP contribution in [0.25, 0.3) is 0 Å². The summed E-state index contributed by atoms with van der Waals surface area (Å²) in [5, 5.41) is 3.42. The molecule has 18 heavy (non-hydrogen) atoms. The van der Waals surface area contributed by atoms with E-state index in [4.69, 9.17) is 0 Å². The lowest BCUT2D eigenvalue weighted by Gasteiger charge is -2.34. The Morgan fingerprint density at radius 1 is 1.28 bits per heavy atom. The number of benzene rings is 1. The molecule has 0 aromatic heterocycles. The zero-order valence-electron chi connectivity index (χ0n) is 10.5. The van der Waals surface area contributed by atoms with Crippen LogP contribution in [0.15, 0.2) is 24.3 Å². The number of fused-ring (bicyclic) bond motifs is 2. The molecule has 2 aliphatic rings. The van der Waals surface area contributed by atoms with Gasteiger partial charge in [-0.3, -0.25) is 4.31 Å². The van der Waals surface area contributed by atoms with Crippen molar-refractivity contribution in [3.63, 3.8) is 0 Å². The van der Waals surface area contributed by atoms with E-state index in [0.717, 1.165) is 32.5 Å². The Morgan fingerprint density at radius 2 is 1.94 bits per heavy atom. The molecule has 2 heterocycles. The second-order valence-electron chi connectivity index (χ2n) is 5.01. The fourth-order valence-electron chi connectivity index (χ4n) is 3.15. The lowest BCUT2D eigenvalue weighted by Crippen LogP contribution is -2.43. The van der Waals surface area contributed by atoms with Gasteiger partial charge in [0.05, 0.1) is 5.69 Å². The third kappa shape index (κ3) is 2.06. The van der Waals surface area contributed by atoms with Gasteiger partial charge in [-0.05, 0) is 37.6 Å². The standard InChI is InChI=1S/C13H18N2OS.ClH/c1-17(16)15-10-13(6-8-14-9-7-13)11-4-2-3-5-12(11)15;/h2-5,14H,6-10H2,1H3;1H. The highest BCUT2D eigenvalue weighted by Gasteiger charge is 2.44. The molecule has 1 unspecified atom stereocenters. The number of rotatable bonds is 1. The molecule has 1 N–H and O–H groups in total. The molecular formula is C13H19ClN2OS. The summed E-state index contributed by atoms with van der Waals surface area (Å²) >= 11 is 0. The number of halogens is 1. The van der Waals surface area contributed by atoms with Crippen LogP contribution in [0.5, 0.6) is 0 Å². The van der Waals surface area contributed by atoms with Gasteiger partial charge in [-0.25, -0.2) is 4.21 Å². The summed E-state index contributed by atoms with van der Waals surface area (Å²) in [4.78, 5) is 0. The molecule has 100 valence electrons. The summed E-state index contributed by atoms with van der Waals surface area (Å²) < 4.78 is 13.9. The Morgan fingerprint density at radius 3 is 2.61 bits per heavy atom. The summed E-state index contributed by atoms with van der Waals surface area (Å²) in [6.07, 6.45) is 4.08. The lowest BCUT2D eigenvalue weighted by molar-refractivity contribution is 0.331. The second kappa shape index (κ2) is 5.19. The molecule has 1 atom stereocenters. The second-order valence-corrected chi connectivity index (χ2v) is 6.30. The molecule has 1 aromatic rings. The van der Waals surface area contributed by atoms with Crippen molar-refractivity contribution in [2.45, 2.75) is 18.3 Å². The van der Waals surface area contributed by atoms with Crippen LogP contribution in [0.1, 0.15) is 18.4 Å². The number of anilines is 1. The molecule has 1 saturated heterocycles. The normalized spacial score (nSPS) is 22.4. The van der Waals surface area contributed by atoms with Crippen molar-refractivity contribution in [3.8, 4) is 0 Å². The van der Waals surface area contributed by atoms with Crippen LogP contribution in [0, 0.1) is 0 Å². The minimum atomic E-state index is -0.917. The largest absolute Gasteiger partial charge is 0.317 e. The van der Waals surface area contributed by atoms with Crippen molar-refractivity contribution >= 4 is 29.1 Å². The van der Waals surface area contributed by atoms with Crippen LogP contribution in [-0.4, -0.2) is 30.1 Å². The zero-order valence-corrected chi connectivity index (χ0v) is 12.1. The van der Waals surface area contributed by atoms with Crippen molar-refractivity contribution in [2.75, 3.05) is 30.2 Å². The van der Waals surface area contributed by atoms with Gasteiger partial charge in [-0.2, -0.15) is 0 Å². The van der Waals surface area contributed by atoms with Crippen molar-refractivity contribution in [2.24, 2.45) is 0 Å². The zero-order chi connectivity index (χ0) is 11.9. The molecule has 0 amide bonds. The maximum Gasteiger partial charge on any atom is 0.116 e. The summed E-state index contributed by atoms with van der Waals surface area (Å²) in [5.41, 5.74) is 2.81. The highest BCUT2D eigenvalue weighted by Crippen LogP contribution is 2.46. The van der Waals surface area contributed by atoms with Gasteiger partial charge in [-0.15, -0.1) is 12.4 Å². The molecule has 1 fully saturated rings. The lowest BCUT2D eigenvalue weighted by atomic mass is 9.75. The number of piperidine rings is 1. The molecule has 0 bridgehead atoms. The number of hydrogen-bond donors (Lipinski definition) is 1. The Balaban J connectivity index is 0.00000120. The fourth-order valence-corrected chi connectivity index (χ4v) is 4.01. The summed E-state index contributed by atoms with van der Waals surface area (Å²) in [6, 6.07) is 8.46. The Bertz CT molecular complexity index is 460. The van der Waals surface area contributed by atoms with Crippen LogP contribution in [0.4, 0.5) is 5.69 Å². The van der Waals surface area contributed by atoms with E-state index in [0.29, 0.717) is 0 Å². The van der Waals surface area contributed by atoms with E-state index in [1.165, 1.54) is 11.3 Å². The molecule has 0 radical (unpaired) electrons. The summed E-state index contributed by atoms with van der Waals surface area (Å²) in [5.74, 6) is 0. The van der Waals surface area contributed by atoms with Gasteiger partial charge in [0.25, 0.3) is 0 Å². The van der Waals surface area contributed by atoms with Crippen molar-refractivity contribution in [3.05, 3.63) is 29.8 Å². The molecule has 3 rings (SSSR count). The van der Waals surface area contributed by atoms with Crippen molar-refractivity contribution in [1.29, 1.82) is 0 Å². The Labute approximate surface area is 117 Å². The minimum absolute atomic E-state index is 0. The maximum absolute atomic E-state index is 11.9. The number of hydrogen-bond acceptors (Lipinski definition) is 2. The maximum atomic E-state index is 11.9. The molecule has 0 aliphatic carbocycles. The van der Waals surface area contributed by atoms with Crippen LogP contribution < -0.4 is 9.62 Å². The first-order chi connectivity index (χ1) is 8.23. The minimum Gasteiger partial charge on any atom is -0.317 e. The van der Waals surface area contributed by atoms with Gasteiger partial charge in [0.15, 0.2) is 0 Å². The average molecular weight is 287 g/mol. The van der Waals surface area contributed by atoms with E-state index < -0.39 is 11.0 Å². The highest BCUT2D eigenvalue weighted by atomic mass is 35.5. The van der Waals surface area contributed by atoms with E-state index in [-0.39, 0.29) is 17.8 Å². The topological polar surface area (TPSA) is 32.3 Å². The van der Waals surface area contributed by atoms with Crippen molar-refractivity contribution < 1.29 is 4.21 Å². The first kappa shape index (κ1) is 13.8. The van der Waals surface area contributed by atoms with Crippen LogP contribution >= 0.6 is 12.4 Å². The quantitative estimate of drug-likeness (QED) is 0.854. The number of para-hydroxylation sites is 1. The SMILES string of the molecule is CS(=O)N1CC2(CCNCC2)c2ccccc21.Cl. The Hall–Kier alpha value is -0.580.